The third-order valence-corrected chi connectivity index (χ3v) is 5.89. The molecule has 0 radical (unpaired) electrons. The molecule has 1 heterocycles. The Morgan fingerprint density at radius 1 is 1.03 bits per heavy atom. The molecule has 0 unspecified atom stereocenters. The molecule has 0 aliphatic heterocycles. The quantitative estimate of drug-likeness (QED) is 0.481. The number of nitrogens with one attached hydrogen (secondary N) is 1. The fourth-order valence-corrected chi connectivity index (χ4v) is 4.16. The molecular weight excluding hydrogens is 388 g/mol. The Bertz CT molecular complexity index is 1100. The Kier molecular flexibility index (Phi) is 6.36. The van der Waals surface area contributed by atoms with Crippen LogP contribution in [0.5, 0.6) is 0 Å². The molecule has 0 fully saturated rings. The Hall–Kier alpha value is -3.52. The average molecular weight is 408 g/mol. The van der Waals surface area contributed by atoms with Crippen LogP contribution in [-0.2, 0) is 14.8 Å². The summed E-state index contributed by atoms with van der Waals surface area (Å²) in [6.45, 7) is 1.39. The van der Waals surface area contributed by atoms with Crippen LogP contribution in [0, 0.1) is 6.92 Å². The van der Waals surface area contributed by atoms with E-state index in [2.05, 4.69) is 15.5 Å². The van der Waals surface area contributed by atoms with E-state index in [1.165, 1.54) is 18.3 Å². The number of pyridine rings is 1. The molecule has 0 aliphatic carbocycles. The summed E-state index contributed by atoms with van der Waals surface area (Å²) in [5, 5.41) is 3.89. The summed E-state index contributed by atoms with van der Waals surface area (Å²) in [7, 11) is -3.94. The summed E-state index contributed by atoms with van der Waals surface area (Å²) in [4.78, 5) is 16.5. The number of aryl methyl sites for hydroxylation is 1. The molecule has 29 heavy (non-hydrogen) atoms. The first-order valence-electron chi connectivity index (χ1n) is 8.84. The van der Waals surface area contributed by atoms with Crippen molar-refractivity contribution in [2.45, 2.75) is 11.8 Å². The van der Waals surface area contributed by atoms with Crippen LogP contribution in [0.2, 0.25) is 0 Å². The van der Waals surface area contributed by atoms with Crippen LogP contribution in [0.15, 0.2) is 89.1 Å². The molecule has 0 bridgehead atoms. The highest BCUT2D eigenvalue weighted by atomic mass is 32.2. The maximum absolute atomic E-state index is 13.2. The van der Waals surface area contributed by atoms with Gasteiger partial charge in [0.2, 0.25) is 0 Å². The zero-order valence-corrected chi connectivity index (χ0v) is 16.6. The van der Waals surface area contributed by atoms with Gasteiger partial charge >= 0.3 is 0 Å². The molecule has 148 valence electrons. The van der Waals surface area contributed by atoms with Crippen molar-refractivity contribution in [1.82, 2.24) is 10.4 Å². The standard InChI is InChI=1S/C21H20N4O3S/c1-17-7-5-6-10-20(17)25(29(27,28)19-8-3-2-4-9-19)16-21(26)24-23-15-18-11-13-22-14-12-18/h2-15H,16H2,1H3,(H,24,26)/b23-15-. The first-order chi connectivity index (χ1) is 14.0. The third-order valence-electron chi connectivity index (χ3n) is 4.11. The number of aromatic nitrogens is 1. The van der Waals surface area contributed by atoms with Gasteiger partial charge < -0.3 is 0 Å². The summed E-state index contributed by atoms with van der Waals surface area (Å²) in [6, 6.07) is 18.5. The van der Waals surface area contributed by atoms with E-state index in [4.69, 9.17) is 0 Å². The summed E-state index contributed by atoms with van der Waals surface area (Å²) >= 11 is 0. The normalized spacial score (nSPS) is 11.3. The highest BCUT2D eigenvalue weighted by Gasteiger charge is 2.27. The van der Waals surface area contributed by atoms with Crippen molar-refractivity contribution in [3.63, 3.8) is 0 Å². The van der Waals surface area contributed by atoms with Crippen molar-refractivity contribution in [3.8, 4) is 0 Å². The van der Waals surface area contributed by atoms with Crippen LogP contribution in [0.3, 0.4) is 0 Å². The topological polar surface area (TPSA) is 91.7 Å². The van der Waals surface area contributed by atoms with Crippen LogP contribution < -0.4 is 9.73 Å². The predicted molar refractivity (Wildman–Crippen MR) is 112 cm³/mol. The summed E-state index contributed by atoms with van der Waals surface area (Å²) < 4.78 is 27.5. The van der Waals surface area contributed by atoms with Gasteiger partial charge in [-0.25, -0.2) is 13.8 Å². The van der Waals surface area contributed by atoms with E-state index in [0.717, 1.165) is 15.4 Å². The lowest BCUT2D eigenvalue weighted by atomic mass is 10.2. The second-order valence-corrected chi connectivity index (χ2v) is 8.05. The summed E-state index contributed by atoms with van der Waals surface area (Å²) in [6.07, 6.45) is 4.68. The number of amides is 1. The second kappa shape index (κ2) is 9.11. The first kappa shape index (κ1) is 20.2. The van der Waals surface area contributed by atoms with Crippen molar-refractivity contribution in [2.24, 2.45) is 5.10 Å². The van der Waals surface area contributed by atoms with E-state index in [1.54, 1.807) is 67.8 Å². The van der Waals surface area contributed by atoms with E-state index >= 15 is 0 Å². The molecular formula is C21H20N4O3S. The van der Waals surface area contributed by atoms with Gasteiger partial charge in [0.1, 0.15) is 6.54 Å². The number of para-hydroxylation sites is 1. The van der Waals surface area contributed by atoms with Crippen molar-refractivity contribution >= 4 is 27.8 Å². The Morgan fingerprint density at radius 3 is 2.38 bits per heavy atom. The minimum atomic E-state index is -3.94. The van der Waals surface area contributed by atoms with Gasteiger partial charge in [0.05, 0.1) is 16.8 Å². The minimum absolute atomic E-state index is 0.108. The first-order valence-corrected chi connectivity index (χ1v) is 10.3. The van der Waals surface area contributed by atoms with Gasteiger partial charge in [-0.05, 0) is 48.4 Å². The number of hydrazone groups is 1. The molecule has 0 atom stereocenters. The molecule has 3 rings (SSSR count). The van der Waals surface area contributed by atoms with E-state index in [0.29, 0.717) is 5.69 Å². The zero-order chi connectivity index (χ0) is 20.7. The monoisotopic (exact) mass is 408 g/mol. The number of carbonyl (C=O) groups excluding carboxylic acids is 1. The van der Waals surface area contributed by atoms with Crippen LogP contribution in [0.4, 0.5) is 5.69 Å². The number of benzene rings is 2. The van der Waals surface area contributed by atoms with Gasteiger partial charge in [-0.3, -0.25) is 14.1 Å². The zero-order valence-electron chi connectivity index (χ0n) is 15.8. The van der Waals surface area contributed by atoms with Gasteiger partial charge in [-0.2, -0.15) is 5.10 Å². The van der Waals surface area contributed by atoms with E-state index in [1.807, 2.05) is 6.07 Å². The Morgan fingerprint density at radius 2 is 1.69 bits per heavy atom. The van der Waals surface area contributed by atoms with Crippen LogP contribution >= 0.6 is 0 Å². The molecule has 1 amide bonds. The van der Waals surface area contributed by atoms with E-state index < -0.39 is 22.5 Å². The molecule has 7 nitrogen and oxygen atoms in total. The van der Waals surface area contributed by atoms with Crippen LogP contribution in [0.25, 0.3) is 0 Å². The van der Waals surface area contributed by atoms with Crippen molar-refractivity contribution < 1.29 is 13.2 Å². The van der Waals surface area contributed by atoms with Crippen molar-refractivity contribution in [3.05, 3.63) is 90.3 Å². The highest BCUT2D eigenvalue weighted by molar-refractivity contribution is 7.92. The number of sulfonamides is 1. The van der Waals surface area contributed by atoms with Crippen LogP contribution in [0.1, 0.15) is 11.1 Å². The lowest BCUT2D eigenvalue weighted by Crippen LogP contribution is -2.40. The minimum Gasteiger partial charge on any atom is -0.271 e. The molecule has 0 aliphatic rings. The fourth-order valence-electron chi connectivity index (χ4n) is 2.66. The molecule has 1 N–H and O–H groups in total. The summed E-state index contributed by atoms with van der Waals surface area (Å²) in [5.41, 5.74) is 4.31. The number of carbonyl (C=O) groups is 1. The molecule has 2 aromatic carbocycles. The molecule has 0 spiro atoms. The summed E-state index contributed by atoms with van der Waals surface area (Å²) in [5.74, 6) is -0.557. The SMILES string of the molecule is Cc1ccccc1N(CC(=O)N/N=C\c1ccncc1)S(=O)(=O)c1ccccc1. The van der Waals surface area contributed by atoms with Gasteiger partial charge in [-0.15, -0.1) is 0 Å². The van der Waals surface area contributed by atoms with E-state index in [9.17, 15) is 13.2 Å². The van der Waals surface area contributed by atoms with E-state index in [-0.39, 0.29) is 4.90 Å². The Balaban J connectivity index is 1.85. The Labute approximate surface area is 169 Å². The smallest absolute Gasteiger partial charge is 0.264 e. The van der Waals surface area contributed by atoms with Crippen molar-refractivity contribution in [2.75, 3.05) is 10.8 Å². The number of hydrogen-bond acceptors (Lipinski definition) is 5. The molecule has 8 heteroatoms. The van der Waals surface area contributed by atoms with Gasteiger partial charge in [0.25, 0.3) is 15.9 Å². The lowest BCUT2D eigenvalue weighted by Gasteiger charge is -2.25. The fraction of sp³-hybridized carbons (Fsp3) is 0.0952. The molecule has 3 aromatic rings. The number of hydrogen-bond donors (Lipinski definition) is 1. The maximum Gasteiger partial charge on any atom is 0.264 e. The predicted octanol–water partition coefficient (Wildman–Crippen LogP) is 2.74. The molecule has 0 saturated heterocycles. The lowest BCUT2D eigenvalue weighted by molar-refractivity contribution is -0.119. The average Bonchev–Trinajstić information content (AvgIpc) is 2.74. The third kappa shape index (κ3) is 5.05. The largest absolute Gasteiger partial charge is 0.271 e. The van der Waals surface area contributed by atoms with Crippen LogP contribution in [-0.4, -0.2) is 32.1 Å². The van der Waals surface area contributed by atoms with Gasteiger partial charge in [0, 0.05) is 12.4 Å². The highest BCUT2D eigenvalue weighted by Crippen LogP contribution is 2.26. The molecule has 1 aromatic heterocycles. The second-order valence-electron chi connectivity index (χ2n) is 6.18. The number of nitrogens with zero attached hydrogens (tertiary/aromatic N) is 3. The van der Waals surface area contributed by atoms with Gasteiger partial charge in [-0.1, -0.05) is 36.4 Å². The molecule has 0 saturated carbocycles. The van der Waals surface area contributed by atoms with Crippen molar-refractivity contribution in [1.29, 1.82) is 0 Å². The van der Waals surface area contributed by atoms with Gasteiger partial charge in [0.15, 0.2) is 0 Å². The maximum atomic E-state index is 13.2. The number of anilines is 1. The number of rotatable bonds is 7.